The molecule has 2 atom stereocenters. The molecule has 1 rings (SSSR count). The molecule has 1 N–H and O–H groups in total. The topological polar surface area (TPSA) is 55.8 Å². The van der Waals surface area contributed by atoms with E-state index in [0.29, 0.717) is 13.0 Å². The van der Waals surface area contributed by atoms with Crippen LogP contribution in [0.4, 0.5) is 0 Å². The van der Waals surface area contributed by atoms with Crippen molar-refractivity contribution >= 4 is 5.97 Å². The molecule has 0 bridgehead atoms. The van der Waals surface area contributed by atoms with Crippen LogP contribution in [0.3, 0.4) is 0 Å². The summed E-state index contributed by atoms with van der Waals surface area (Å²) in [4.78, 5) is 10.5. The van der Waals surface area contributed by atoms with Gasteiger partial charge in [0.25, 0.3) is 0 Å². The number of aliphatic carboxylic acids is 1. The average molecular weight is 200 g/mol. The van der Waals surface area contributed by atoms with Crippen LogP contribution in [0.1, 0.15) is 26.7 Å². The number of hydrogen-bond acceptors (Lipinski definition) is 3. The van der Waals surface area contributed by atoms with Crippen molar-refractivity contribution in [1.29, 1.82) is 0 Å². The standard InChI is InChI=1S/C10H16O4/c1-4-10(3)13-6-8(14-10)5-7(2)9(11)12/h8H,2,4-6H2,1,3H3,(H,11,12). The van der Waals surface area contributed by atoms with Gasteiger partial charge >= 0.3 is 5.97 Å². The predicted molar refractivity (Wildman–Crippen MR) is 50.9 cm³/mol. The maximum absolute atomic E-state index is 10.5. The molecule has 4 nitrogen and oxygen atoms in total. The van der Waals surface area contributed by atoms with E-state index < -0.39 is 11.8 Å². The van der Waals surface area contributed by atoms with E-state index in [2.05, 4.69) is 6.58 Å². The molecule has 1 saturated heterocycles. The van der Waals surface area contributed by atoms with Crippen LogP contribution in [0.25, 0.3) is 0 Å². The summed E-state index contributed by atoms with van der Waals surface area (Å²) in [5.41, 5.74) is 0.166. The minimum absolute atomic E-state index is 0.166. The fourth-order valence-corrected chi connectivity index (χ4v) is 1.34. The summed E-state index contributed by atoms with van der Waals surface area (Å²) in [5.74, 6) is -1.53. The number of hydrogen-bond donors (Lipinski definition) is 1. The van der Waals surface area contributed by atoms with Crippen LogP contribution in [0.5, 0.6) is 0 Å². The molecular weight excluding hydrogens is 184 g/mol. The Morgan fingerprint density at radius 3 is 2.79 bits per heavy atom. The fraction of sp³-hybridized carbons (Fsp3) is 0.700. The van der Waals surface area contributed by atoms with Crippen molar-refractivity contribution in [2.75, 3.05) is 6.61 Å². The first-order valence-electron chi connectivity index (χ1n) is 4.69. The van der Waals surface area contributed by atoms with Crippen LogP contribution in [-0.4, -0.2) is 29.6 Å². The maximum Gasteiger partial charge on any atom is 0.331 e. The van der Waals surface area contributed by atoms with Crippen LogP contribution >= 0.6 is 0 Å². The van der Waals surface area contributed by atoms with Gasteiger partial charge in [0.1, 0.15) is 0 Å². The molecule has 0 aromatic heterocycles. The smallest absolute Gasteiger partial charge is 0.331 e. The second kappa shape index (κ2) is 4.11. The Labute approximate surface area is 83.5 Å². The maximum atomic E-state index is 10.5. The largest absolute Gasteiger partial charge is 0.478 e. The molecule has 1 aliphatic heterocycles. The molecule has 14 heavy (non-hydrogen) atoms. The highest BCUT2D eigenvalue weighted by atomic mass is 16.7. The van der Waals surface area contributed by atoms with Crippen molar-refractivity contribution < 1.29 is 19.4 Å². The van der Waals surface area contributed by atoms with Gasteiger partial charge in [0, 0.05) is 12.0 Å². The zero-order valence-electron chi connectivity index (χ0n) is 8.58. The van der Waals surface area contributed by atoms with Crippen molar-refractivity contribution in [2.45, 2.75) is 38.6 Å². The summed E-state index contributed by atoms with van der Waals surface area (Å²) in [7, 11) is 0. The van der Waals surface area contributed by atoms with Crippen molar-refractivity contribution in [1.82, 2.24) is 0 Å². The monoisotopic (exact) mass is 200 g/mol. The number of carbonyl (C=O) groups is 1. The molecule has 1 fully saturated rings. The molecule has 80 valence electrons. The van der Waals surface area contributed by atoms with Gasteiger partial charge in [-0.2, -0.15) is 0 Å². The molecule has 0 aliphatic carbocycles. The molecule has 1 aliphatic rings. The number of carboxylic acid groups (broad SMARTS) is 1. The Morgan fingerprint density at radius 1 is 1.71 bits per heavy atom. The van der Waals surface area contributed by atoms with E-state index in [9.17, 15) is 4.79 Å². The minimum Gasteiger partial charge on any atom is -0.478 e. The molecule has 0 radical (unpaired) electrons. The van der Waals surface area contributed by atoms with Crippen LogP contribution in [-0.2, 0) is 14.3 Å². The molecule has 0 aromatic rings. The zero-order valence-corrected chi connectivity index (χ0v) is 8.58. The van der Waals surface area contributed by atoms with Crippen molar-refractivity contribution in [3.8, 4) is 0 Å². The summed E-state index contributed by atoms with van der Waals surface area (Å²) in [6.45, 7) is 7.72. The lowest BCUT2D eigenvalue weighted by atomic mass is 10.1. The third kappa shape index (κ3) is 2.56. The minimum atomic E-state index is -0.973. The van der Waals surface area contributed by atoms with Gasteiger partial charge < -0.3 is 14.6 Å². The third-order valence-electron chi connectivity index (χ3n) is 2.41. The van der Waals surface area contributed by atoms with Gasteiger partial charge in [-0.3, -0.25) is 0 Å². The van der Waals surface area contributed by atoms with E-state index in [4.69, 9.17) is 14.6 Å². The summed E-state index contributed by atoms with van der Waals surface area (Å²) in [6, 6.07) is 0. The quantitative estimate of drug-likeness (QED) is 0.700. The Bertz CT molecular complexity index is 249. The second-order valence-electron chi connectivity index (χ2n) is 3.65. The van der Waals surface area contributed by atoms with E-state index in [1.165, 1.54) is 0 Å². The summed E-state index contributed by atoms with van der Waals surface area (Å²) < 4.78 is 11.0. The Balaban J connectivity index is 2.44. The first-order chi connectivity index (χ1) is 6.47. The summed E-state index contributed by atoms with van der Waals surface area (Å²) in [5, 5.41) is 8.63. The highest BCUT2D eigenvalue weighted by Gasteiger charge is 2.35. The lowest BCUT2D eigenvalue weighted by Crippen LogP contribution is -2.25. The molecule has 0 aromatic carbocycles. The van der Waals surface area contributed by atoms with E-state index in [0.717, 1.165) is 6.42 Å². The van der Waals surface area contributed by atoms with Gasteiger partial charge in [0.05, 0.1) is 12.7 Å². The molecule has 2 unspecified atom stereocenters. The molecule has 1 heterocycles. The van der Waals surface area contributed by atoms with Gasteiger partial charge in [-0.05, 0) is 13.3 Å². The van der Waals surface area contributed by atoms with Crippen LogP contribution in [0, 0.1) is 0 Å². The van der Waals surface area contributed by atoms with Gasteiger partial charge in [0.2, 0.25) is 0 Å². The average Bonchev–Trinajstić information content (AvgIpc) is 2.48. The van der Waals surface area contributed by atoms with Gasteiger partial charge in [-0.1, -0.05) is 13.5 Å². The molecule has 0 saturated carbocycles. The van der Waals surface area contributed by atoms with Gasteiger partial charge in [-0.25, -0.2) is 4.79 Å². The third-order valence-corrected chi connectivity index (χ3v) is 2.41. The Kier molecular flexibility index (Phi) is 3.29. The van der Waals surface area contributed by atoms with Crippen LogP contribution < -0.4 is 0 Å². The number of ether oxygens (including phenoxy) is 2. The van der Waals surface area contributed by atoms with E-state index >= 15 is 0 Å². The van der Waals surface area contributed by atoms with Crippen LogP contribution in [0.2, 0.25) is 0 Å². The number of carboxylic acids is 1. The van der Waals surface area contributed by atoms with E-state index in [-0.39, 0.29) is 11.7 Å². The number of rotatable bonds is 4. The van der Waals surface area contributed by atoms with E-state index in [1.54, 1.807) is 0 Å². The highest BCUT2D eigenvalue weighted by Crippen LogP contribution is 2.28. The van der Waals surface area contributed by atoms with Gasteiger partial charge in [-0.15, -0.1) is 0 Å². The first kappa shape index (κ1) is 11.2. The lowest BCUT2D eigenvalue weighted by Gasteiger charge is -2.20. The van der Waals surface area contributed by atoms with Crippen molar-refractivity contribution in [2.24, 2.45) is 0 Å². The Morgan fingerprint density at radius 2 is 2.36 bits per heavy atom. The molecule has 4 heteroatoms. The van der Waals surface area contributed by atoms with Crippen molar-refractivity contribution in [3.63, 3.8) is 0 Å². The first-order valence-corrected chi connectivity index (χ1v) is 4.69. The van der Waals surface area contributed by atoms with Gasteiger partial charge in [0.15, 0.2) is 5.79 Å². The normalized spacial score (nSPS) is 31.7. The SMILES string of the molecule is C=C(CC1COC(C)(CC)O1)C(=O)O. The van der Waals surface area contributed by atoms with E-state index in [1.807, 2.05) is 13.8 Å². The summed E-state index contributed by atoms with van der Waals surface area (Å²) >= 11 is 0. The highest BCUT2D eigenvalue weighted by molar-refractivity contribution is 5.85. The second-order valence-corrected chi connectivity index (χ2v) is 3.65. The fourth-order valence-electron chi connectivity index (χ4n) is 1.34. The molecule has 0 amide bonds. The zero-order chi connectivity index (χ0) is 10.8. The van der Waals surface area contributed by atoms with Crippen LogP contribution in [0.15, 0.2) is 12.2 Å². The Hall–Kier alpha value is -0.870. The predicted octanol–water partition coefficient (Wildman–Crippen LogP) is 1.56. The summed E-state index contributed by atoms with van der Waals surface area (Å²) in [6.07, 6.45) is 0.900. The van der Waals surface area contributed by atoms with Crippen molar-refractivity contribution in [3.05, 3.63) is 12.2 Å². The molecule has 0 spiro atoms. The molecular formula is C10H16O4. The lowest BCUT2D eigenvalue weighted by molar-refractivity contribution is -0.155.